The van der Waals surface area contributed by atoms with E-state index in [9.17, 15) is 4.79 Å². The van der Waals surface area contributed by atoms with Crippen LogP contribution in [0, 0.1) is 11.8 Å². The van der Waals surface area contributed by atoms with Crippen LogP contribution in [0.4, 0.5) is 0 Å². The molecule has 0 aromatic heterocycles. The molecular formula is C14H18O. The second-order valence-electron chi connectivity index (χ2n) is 4.42. The Morgan fingerprint density at radius 2 is 1.93 bits per heavy atom. The number of carbonyl (C=O) groups excluding carboxylic acids is 1. The minimum absolute atomic E-state index is 0.154. The summed E-state index contributed by atoms with van der Waals surface area (Å²) in [5, 5.41) is 0. The van der Waals surface area contributed by atoms with Crippen LogP contribution in [0.3, 0.4) is 0 Å². The first-order valence-corrected chi connectivity index (χ1v) is 5.90. The van der Waals surface area contributed by atoms with E-state index in [1.807, 2.05) is 6.08 Å². The molecule has 0 bridgehead atoms. The van der Waals surface area contributed by atoms with Crippen molar-refractivity contribution in [2.24, 2.45) is 11.8 Å². The van der Waals surface area contributed by atoms with Gasteiger partial charge in [-0.3, -0.25) is 4.79 Å². The zero-order valence-electron chi connectivity index (χ0n) is 9.06. The number of rotatable bonds is 2. The maximum absolute atomic E-state index is 11.5. The van der Waals surface area contributed by atoms with Crippen LogP contribution in [-0.4, -0.2) is 5.78 Å². The SMILES string of the molecule is O=C1C=CCCC1/C=C/C1CC=CCC1. The Morgan fingerprint density at radius 1 is 1.07 bits per heavy atom. The Labute approximate surface area is 91.6 Å². The maximum atomic E-state index is 11.5. The van der Waals surface area contributed by atoms with Crippen LogP contribution >= 0.6 is 0 Å². The van der Waals surface area contributed by atoms with Crippen molar-refractivity contribution in [3.8, 4) is 0 Å². The topological polar surface area (TPSA) is 17.1 Å². The fourth-order valence-corrected chi connectivity index (χ4v) is 2.22. The van der Waals surface area contributed by atoms with Crippen molar-refractivity contribution in [3.63, 3.8) is 0 Å². The van der Waals surface area contributed by atoms with Gasteiger partial charge in [0.1, 0.15) is 0 Å². The Balaban J connectivity index is 1.90. The number of ketones is 1. The van der Waals surface area contributed by atoms with Crippen molar-refractivity contribution in [2.45, 2.75) is 32.1 Å². The smallest absolute Gasteiger partial charge is 0.162 e. The molecule has 0 heterocycles. The average molecular weight is 202 g/mol. The monoisotopic (exact) mass is 202 g/mol. The molecule has 0 amide bonds. The molecule has 2 rings (SSSR count). The number of carbonyl (C=O) groups is 1. The van der Waals surface area contributed by atoms with E-state index in [0.29, 0.717) is 5.92 Å². The normalized spacial score (nSPS) is 31.3. The van der Waals surface area contributed by atoms with Crippen molar-refractivity contribution >= 4 is 5.78 Å². The predicted octanol–water partition coefficient (Wildman–Crippen LogP) is 3.43. The van der Waals surface area contributed by atoms with Crippen LogP contribution in [0.2, 0.25) is 0 Å². The third-order valence-electron chi connectivity index (χ3n) is 3.22. The van der Waals surface area contributed by atoms with Gasteiger partial charge >= 0.3 is 0 Å². The van der Waals surface area contributed by atoms with E-state index in [2.05, 4.69) is 24.3 Å². The van der Waals surface area contributed by atoms with Gasteiger partial charge in [0.05, 0.1) is 0 Å². The predicted molar refractivity (Wildman–Crippen MR) is 62.5 cm³/mol. The molecule has 0 aromatic rings. The molecular weight excluding hydrogens is 184 g/mol. The molecule has 80 valence electrons. The quantitative estimate of drug-likeness (QED) is 0.627. The van der Waals surface area contributed by atoms with Gasteiger partial charge in [-0.15, -0.1) is 0 Å². The molecule has 0 spiro atoms. The third-order valence-corrected chi connectivity index (χ3v) is 3.22. The van der Waals surface area contributed by atoms with Crippen LogP contribution in [0.25, 0.3) is 0 Å². The van der Waals surface area contributed by atoms with Gasteiger partial charge in [-0.25, -0.2) is 0 Å². The molecule has 1 nitrogen and oxygen atoms in total. The summed E-state index contributed by atoms with van der Waals surface area (Å²) in [7, 11) is 0. The molecule has 2 unspecified atom stereocenters. The first-order valence-electron chi connectivity index (χ1n) is 5.90. The highest BCUT2D eigenvalue weighted by Gasteiger charge is 2.15. The van der Waals surface area contributed by atoms with Crippen LogP contribution in [0.15, 0.2) is 36.5 Å². The highest BCUT2D eigenvalue weighted by atomic mass is 16.1. The lowest BCUT2D eigenvalue weighted by Gasteiger charge is -2.16. The Hall–Kier alpha value is -1.11. The van der Waals surface area contributed by atoms with Crippen molar-refractivity contribution < 1.29 is 4.79 Å². The highest BCUT2D eigenvalue weighted by molar-refractivity contribution is 5.93. The summed E-state index contributed by atoms with van der Waals surface area (Å²) in [6.45, 7) is 0. The summed E-state index contributed by atoms with van der Waals surface area (Å²) in [6.07, 6.45) is 18.2. The van der Waals surface area contributed by atoms with E-state index >= 15 is 0 Å². The molecule has 2 aliphatic carbocycles. The first kappa shape index (κ1) is 10.4. The first-order chi connectivity index (χ1) is 7.36. The van der Waals surface area contributed by atoms with Gasteiger partial charge in [0.15, 0.2) is 5.78 Å². The molecule has 0 N–H and O–H groups in total. The lowest BCUT2D eigenvalue weighted by Crippen LogP contribution is -2.13. The van der Waals surface area contributed by atoms with E-state index in [-0.39, 0.29) is 11.7 Å². The van der Waals surface area contributed by atoms with Gasteiger partial charge in [-0.2, -0.15) is 0 Å². The van der Waals surface area contributed by atoms with Crippen molar-refractivity contribution in [3.05, 3.63) is 36.5 Å². The summed E-state index contributed by atoms with van der Waals surface area (Å²) in [6, 6.07) is 0. The van der Waals surface area contributed by atoms with E-state index in [1.54, 1.807) is 6.08 Å². The van der Waals surface area contributed by atoms with Crippen LogP contribution in [-0.2, 0) is 4.79 Å². The molecule has 0 aromatic carbocycles. The molecule has 0 fully saturated rings. The Morgan fingerprint density at radius 3 is 2.67 bits per heavy atom. The lowest BCUT2D eigenvalue weighted by atomic mass is 9.89. The Bertz CT molecular complexity index is 309. The van der Waals surface area contributed by atoms with Gasteiger partial charge in [0.2, 0.25) is 0 Å². The van der Waals surface area contributed by atoms with E-state index in [4.69, 9.17) is 0 Å². The fourth-order valence-electron chi connectivity index (χ4n) is 2.22. The van der Waals surface area contributed by atoms with Crippen molar-refractivity contribution in [1.82, 2.24) is 0 Å². The number of allylic oxidation sites excluding steroid dienone is 6. The lowest BCUT2D eigenvalue weighted by molar-refractivity contribution is -0.117. The number of hydrogen-bond donors (Lipinski definition) is 0. The molecule has 15 heavy (non-hydrogen) atoms. The average Bonchev–Trinajstić information content (AvgIpc) is 2.29. The van der Waals surface area contributed by atoms with Crippen LogP contribution in [0.1, 0.15) is 32.1 Å². The zero-order valence-corrected chi connectivity index (χ0v) is 9.06. The summed E-state index contributed by atoms with van der Waals surface area (Å²) >= 11 is 0. The van der Waals surface area contributed by atoms with Gasteiger partial charge in [0.25, 0.3) is 0 Å². The number of hydrogen-bond acceptors (Lipinski definition) is 1. The minimum Gasteiger partial charge on any atom is -0.294 e. The van der Waals surface area contributed by atoms with E-state index < -0.39 is 0 Å². The van der Waals surface area contributed by atoms with E-state index in [0.717, 1.165) is 19.3 Å². The van der Waals surface area contributed by atoms with Gasteiger partial charge < -0.3 is 0 Å². The molecule has 2 aliphatic rings. The molecule has 0 saturated heterocycles. The van der Waals surface area contributed by atoms with Gasteiger partial charge in [-0.1, -0.05) is 30.4 Å². The molecule has 0 radical (unpaired) electrons. The van der Waals surface area contributed by atoms with Crippen LogP contribution in [0.5, 0.6) is 0 Å². The third kappa shape index (κ3) is 2.92. The summed E-state index contributed by atoms with van der Waals surface area (Å²) in [5.41, 5.74) is 0. The largest absolute Gasteiger partial charge is 0.294 e. The fraction of sp³-hybridized carbons (Fsp3) is 0.500. The highest BCUT2D eigenvalue weighted by Crippen LogP contribution is 2.22. The summed E-state index contributed by atoms with van der Waals surface area (Å²) < 4.78 is 0. The van der Waals surface area contributed by atoms with Gasteiger partial charge in [0, 0.05) is 5.92 Å². The standard InChI is InChI=1S/C14H18O/c15-14-9-5-4-8-13(14)11-10-12-6-2-1-3-7-12/h1-2,5,9-13H,3-4,6-8H2/b11-10+. The second-order valence-corrected chi connectivity index (χ2v) is 4.42. The molecule has 0 aliphatic heterocycles. The maximum Gasteiger partial charge on any atom is 0.162 e. The molecule has 0 saturated carbocycles. The van der Waals surface area contributed by atoms with E-state index in [1.165, 1.54) is 12.8 Å². The van der Waals surface area contributed by atoms with Crippen LogP contribution < -0.4 is 0 Å². The van der Waals surface area contributed by atoms with Crippen molar-refractivity contribution in [2.75, 3.05) is 0 Å². The summed E-state index contributed by atoms with van der Waals surface area (Å²) in [4.78, 5) is 11.5. The second kappa shape index (κ2) is 5.11. The van der Waals surface area contributed by atoms with Gasteiger partial charge in [-0.05, 0) is 44.1 Å². The minimum atomic E-state index is 0.154. The van der Waals surface area contributed by atoms with Crippen molar-refractivity contribution in [1.29, 1.82) is 0 Å². The summed E-state index contributed by atoms with van der Waals surface area (Å²) in [5.74, 6) is 1.10. The Kier molecular flexibility index (Phi) is 3.54. The molecule has 1 heteroatoms. The zero-order chi connectivity index (χ0) is 10.5. The molecule has 2 atom stereocenters.